The molecule has 0 spiro atoms. The zero-order valence-corrected chi connectivity index (χ0v) is 9.65. The van der Waals surface area contributed by atoms with E-state index in [-0.39, 0.29) is 5.91 Å². The van der Waals surface area contributed by atoms with Crippen molar-refractivity contribution in [3.63, 3.8) is 0 Å². The van der Waals surface area contributed by atoms with Gasteiger partial charge in [-0.2, -0.15) is 0 Å². The van der Waals surface area contributed by atoms with Gasteiger partial charge in [0.15, 0.2) is 0 Å². The maximum atomic E-state index is 11.6. The Kier molecular flexibility index (Phi) is 2.36. The molecule has 0 N–H and O–H groups in total. The van der Waals surface area contributed by atoms with Crippen LogP contribution in [0.5, 0.6) is 0 Å². The van der Waals surface area contributed by atoms with Crippen LogP contribution >= 0.6 is 0 Å². The van der Waals surface area contributed by atoms with E-state index in [1.807, 2.05) is 4.90 Å². The van der Waals surface area contributed by atoms with Gasteiger partial charge < -0.3 is 4.90 Å². The van der Waals surface area contributed by atoms with Crippen LogP contribution in [0.2, 0.25) is 0 Å². The van der Waals surface area contributed by atoms with Gasteiger partial charge in [0, 0.05) is 19.5 Å². The van der Waals surface area contributed by atoms with E-state index in [1.165, 1.54) is 28.3 Å². The second-order valence-corrected chi connectivity index (χ2v) is 4.49. The molecule has 1 heterocycles. The number of hydrogen-bond donors (Lipinski definition) is 0. The van der Waals surface area contributed by atoms with Crippen LogP contribution in [0, 0.1) is 6.42 Å². The third-order valence-corrected chi connectivity index (χ3v) is 3.37. The van der Waals surface area contributed by atoms with E-state index in [1.54, 1.807) is 0 Å². The first-order valence-electron chi connectivity index (χ1n) is 5.86. The minimum absolute atomic E-state index is 0.0262. The molecule has 0 atom stereocenters. The third kappa shape index (κ3) is 1.91. The standard InChI is InChI=1S/C15H14NO/c1-2-15(17)16-8-7-12-5-6-13(11-3-4-11)9-14(12)10-16/h2-6,9H,1,7-8,10H2. The maximum absolute atomic E-state index is 11.6. The average Bonchev–Trinajstić information content (AvgIpc) is 3.20. The summed E-state index contributed by atoms with van der Waals surface area (Å²) in [5.41, 5.74) is 5.20. The predicted molar refractivity (Wildman–Crippen MR) is 68.0 cm³/mol. The van der Waals surface area contributed by atoms with E-state index in [9.17, 15) is 4.79 Å². The normalized spacial score (nSPS) is 17.2. The smallest absolute Gasteiger partial charge is 0.246 e. The second kappa shape index (κ2) is 3.88. The van der Waals surface area contributed by atoms with Gasteiger partial charge in [0.25, 0.3) is 0 Å². The summed E-state index contributed by atoms with van der Waals surface area (Å²) in [6.45, 7) is 5.05. The number of benzene rings is 1. The molecule has 1 aliphatic carbocycles. The van der Waals surface area contributed by atoms with Crippen molar-refractivity contribution in [2.45, 2.75) is 13.0 Å². The molecular formula is C15H14NO. The largest absolute Gasteiger partial charge is 0.335 e. The van der Waals surface area contributed by atoms with Gasteiger partial charge in [0.2, 0.25) is 5.91 Å². The van der Waals surface area contributed by atoms with Crippen LogP contribution in [0.1, 0.15) is 16.7 Å². The molecule has 2 heteroatoms. The third-order valence-electron chi connectivity index (χ3n) is 3.37. The highest BCUT2D eigenvalue weighted by atomic mass is 16.2. The number of carbonyl (C=O) groups is 1. The lowest BCUT2D eigenvalue weighted by molar-refractivity contribution is -0.126. The summed E-state index contributed by atoms with van der Waals surface area (Å²) in [6.07, 6.45) is 6.55. The quantitative estimate of drug-likeness (QED) is 0.706. The lowest BCUT2D eigenvalue weighted by Crippen LogP contribution is -2.34. The lowest BCUT2D eigenvalue weighted by atomic mass is 9.96. The van der Waals surface area contributed by atoms with E-state index in [0.29, 0.717) is 6.54 Å². The minimum Gasteiger partial charge on any atom is -0.335 e. The number of nitrogens with zero attached hydrogens (tertiary/aromatic N) is 1. The maximum Gasteiger partial charge on any atom is 0.246 e. The molecule has 1 aromatic carbocycles. The number of carbonyl (C=O) groups excluding carboxylic acids is 1. The molecule has 1 aromatic rings. The van der Waals surface area contributed by atoms with Crippen molar-refractivity contribution in [3.05, 3.63) is 60.0 Å². The van der Waals surface area contributed by atoms with Crippen LogP contribution in [0.15, 0.2) is 36.9 Å². The number of hydrogen-bond acceptors (Lipinski definition) is 1. The Morgan fingerprint density at radius 3 is 2.88 bits per heavy atom. The first kappa shape index (κ1) is 10.3. The van der Waals surface area contributed by atoms with Gasteiger partial charge in [-0.3, -0.25) is 4.79 Å². The van der Waals surface area contributed by atoms with Crippen molar-refractivity contribution in [2.24, 2.45) is 0 Å². The number of allylic oxidation sites excluding steroid dienone is 2. The summed E-state index contributed by atoms with van der Waals surface area (Å²) in [5.74, 6) is 0.0262. The fourth-order valence-corrected chi connectivity index (χ4v) is 2.29. The molecule has 3 rings (SSSR count). The van der Waals surface area contributed by atoms with Gasteiger partial charge in [-0.05, 0) is 40.8 Å². The van der Waals surface area contributed by atoms with Gasteiger partial charge in [-0.15, -0.1) is 0 Å². The van der Waals surface area contributed by atoms with Crippen LogP contribution in [-0.2, 0) is 17.8 Å². The topological polar surface area (TPSA) is 20.3 Å². The zero-order chi connectivity index (χ0) is 11.8. The van der Waals surface area contributed by atoms with Crippen molar-refractivity contribution >= 4 is 11.5 Å². The van der Waals surface area contributed by atoms with Gasteiger partial charge in [0.1, 0.15) is 0 Å². The van der Waals surface area contributed by atoms with Crippen molar-refractivity contribution in [2.75, 3.05) is 6.54 Å². The van der Waals surface area contributed by atoms with E-state index < -0.39 is 0 Å². The highest BCUT2D eigenvalue weighted by Crippen LogP contribution is 2.32. The fraction of sp³-hybridized carbons (Fsp3) is 0.200. The Bertz CT molecular complexity index is 528. The molecule has 1 aliphatic heterocycles. The summed E-state index contributed by atoms with van der Waals surface area (Å²) in [6, 6.07) is 6.56. The molecule has 0 bridgehead atoms. The summed E-state index contributed by atoms with van der Waals surface area (Å²) in [4.78, 5) is 13.4. The molecule has 1 radical (unpaired) electrons. The van der Waals surface area contributed by atoms with Gasteiger partial charge >= 0.3 is 0 Å². The first-order valence-corrected chi connectivity index (χ1v) is 5.86. The monoisotopic (exact) mass is 224 g/mol. The number of amides is 1. The van der Waals surface area contributed by atoms with Crippen molar-refractivity contribution < 1.29 is 4.79 Å². The average molecular weight is 224 g/mol. The first-order chi connectivity index (χ1) is 8.28. The van der Waals surface area contributed by atoms with E-state index >= 15 is 0 Å². The molecule has 0 aromatic heterocycles. The Balaban J connectivity index is 1.89. The Morgan fingerprint density at radius 1 is 1.35 bits per heavy atom. The molecule has 17 heavy (non-hydrogen) atoms. The molecule has 1 amide bonds. The van der Waals surface area contributed by atoms with Crippen LogP contribution in [0.4, 0.5) is 0 Å². The lowest BCUT2D eigenvalue weighted by Gasteiger charge is -2.28. The summed E-state index contributed by atoms with van der Waals surface area (Å²) in [5, 5.41) is 0. The molecular weight excluding hydrogens is 210 g/mol. The SMILES string of the molecule is C=CC(=O)N1CCc2ccc(C3=C[CH]3)cc2C1. The van der Waals surface area contributed by atoms with Gasteiger partial charge in [-0.1, -0.05) is 24.8 Å². The molecule has 85 valence electrons. The molecule has 2 aliphatic rings. The molecule has 2 nitrogen and oxygen atoms in total. The Labute approximate surface area is 101 Å². The fourth-order valence-electron chi connectivity index (χ4n) is 2.29. The van der Waals surface area contributed by atoms with E-state index in [2.05, 4.69) is 37.3 Å². The molecule has 0 saturated heterocycles. The highest BCUT2D eigenvalue weighted by Gasteiger charge is 2.20. The highest BCUT2D eigenvalue weighted by molar-refractivity contribution is 5.88. The van der Waals surface area contributed by atoms with Crippen LogP contribution in [-0.4, -0.2) is 17.4 Å². The van der Waals surface area contributed by atoms with Crippen molar-refractivity contribution in [1.29, 1.82) is 0 Å². The predicted octanol–water partition coefficient (Wildman–Crippen LogP) is 2.36. The van der Waals surface area contributed by atoms with E-state index in [0.717, 1.165) is 13.0 Å². The Morgan fingerprint density at radius 2 is 2.18 bits per heavy atom. The summed E-state index contributed by atoms with van der Waals surface area (Å²) in [7, 11) is 0. The summed E-state index contributed by atoms with van der Waals surface area (Å²) < 4.78 is 0. The van der Waals surface area contributed by atoms with Gasteiger partial charge in [0.05, 0.1) is 0 Å². The summed E-state index contributed by atoms with van der Waals surface area (Å²) >= 11 is 0. The van der Waals surface area contributed by atoms with Crippen molar-refractivity contribution in [1.82, 2.24) is 4.90 Å². The number of rotatable bonds is 2. The van der Waals surface area contributed by atoms with Crippen LogP contribution in [0.25, 0.3) is 5.57 Å². The number of fused-ring (bicyclic) bond motifs is 1. The van der Waals surface area contributed by atoms with Crippen LogP contribution in [0.3, 0.4) is 0 Å². The minimum atomic E-state index is 0.0262. The molecule has 0 fully saturated rings. The Hall–Kier alpha value is -1.83. The molecule has 0 unspecified atom stereocenters. The van der Waals surface area contributed by atoms with Crippen LogP contribution < -0.4 is 0 Å². The molecule has 0 saturated carbocycles. The second-order valence-electron chi connectivity index (χ2n) is 4.49. The zero-order valence-electron chi connectivity index (χ0n) is 9.65. The van der Waals surface area contributed by atoms with E-state index in [4.69, 9.17) is 0 Å². The van der Waals surface area contributed by atoms with Gasteiger partial charge in [-0.25, -0.2) is 0 Å². The van der Waals surface area contributed by atoms with Crippen molar-refractivity contribution in [3.8, 4) is 0 Å².